The normalized spacial score (nSPS) is 16.1. The Bertz CT molecular complexity index is 765. The Kier molecular flexibility index (Phi) is 5.67. The minimum atomic E-state index is -4.51. The molecule has 0 atom stereocenters. The van der Waals surface area contributed by atoms with E-state index < -0.39 is 17.5 Å². The van der Waals surface area contributed by atoms with E-state index in [1.165, 1.54) is 6.92 Å². The van der Waals surface area contributed by atoms with Crippen LogP contribution in [0.15, 0.2) is 24.3 Å². The molecule has 2 heterocycles. The second-order valence-electron chi connectivity index (χ2n) is 6.85. The minimum Gasteiger partial charge on any atom is -0.507 e. The van der Waals surface area contributed by atoms with Gasteiger partial charge >= 0.3 is 6.18 Å². The standard InChI is InChI=1S/C19H22F3N3O2/c1-12-9-13(19(20,21)22)10-17(26)18(12)16-4-3-14(23-24-16)11-25(2)15-5-7-27-8-6-15/h3-4,9-10,15,26H,5-8,11H2,1-2H3. The Morgan fingerprint density at radius 3 is 2.44 bits per heavy atom. The number of aromatic nitrogens is 2. The molecule has 1 fully saturated rings. The quantitative estimate of drug-likeness (QED) is 0.873. The van der Waals surface area contributed by atoms with Crippen molar-refractivity contribution < 1.29 is 23.0 Å². The molecule has 1 aromatic carbocycles. The van der Waals surface area contributed by atoms with Crippen LogP contribution >= 0.6 is 0 Å². The van der Waals surface area contributed by atoms with Gasteiger partial charge in [-0.25, -0.2) is 0 Å². The molecule has 27 heavy (non-hydrogen) atoms. The molecular weight excluding hydrogens is 359 g/mol. The van der Waals surface area contributed by atoms with Crippen molar-refractivity contribution in [3.63, 3.8) is 0 Å². The largest absolute Gasteiger partial charge is 0.507 e. The number of nitrogens with zero attached hydrogens (tertiary/aromatic N) is 3. The molecule has 1 aliphatic heterocycles. The highest BCUT2D eigenvalue weighted by Crippen LogP contribution is 2.38. The molecule has 0 aliphatic carbocycles. The number of aromatic hydroxyl groups is 1. The number of hydrogen-bond acceptors (Lipinski definition) is 5. The summed E-state index contributed by atoms with van der Waals surface area (Å²) in [5.74, 6) is -0.455. The van der Waals surface area contributed by atoms with Gasteiger partial charge in [0.2, 0.25) is 0 Å². The Labute approximate surface area is 155 Å². The van der Waals surface area contributed by atoms with Gasteiger partial charge in [-0.05, 0) is 56.6 Å². The fraction of sp³-hybridized carbons (Fsp3) is 0.474. The molecule has 0 saturated carbocycles. The Balaban J connectivity index is 1.77. The van der Waals surface area contributed by atoms with Gasteiger partial charge in [0, 0.05) is 31.4 Å². The van der Waals surface area contributed by atoms with Crippen LogP contribution in [-0.4, -0.2) is 46.5 Å². The van der Waals surface area contributed by atoms with Crippen LogP contribution in [0.25, 0.3) is 11.3 Å². The molecule has 0 bridgehead atoms. The van der Waals surface area contributed by atoms with E-state index in [4.69, 9.17) is 4.74 Å². The molecule has 146 valence electrons. The monoisotopic (exact) mass is 381 g/mol. The van der Waals surface area contributed by atoms with Gasteiger partial charge in [-0.15, -0.1) is 0 Å². The summed E-state index contributed by atoms with van der Waals surface area (Å²) >= 11 is 0. The number of hydrogen-bond donors (Lipinski definition) is 1. The highest BCUT2D eigenvalue weighted by molar-refractivity contribution is 5.71. The van der Waals surface area contributed by atoms with E-state index in [1.807, 2.05) is 7.05 Å². The summed E-state index contributed by atoms with van der Waals surface area (Å²) in [5.41, 5.74) is 0.778. The number of ether oxygens (including phenoxy) is 1. The number of phenolic OH excluding ortho intramolecular Hbond substituents is 1. The van der Waals surface area contributed by atoms with Crippen LogP contribution < -0.4 is 0 Å². The van der Waals surface area contributed by atoms with E-state index >= 15 is 0 Å². The smallest absolute Gasteiger partial charge is 0.416 e. The lowest BCUT2D eigenvalue weighted by atomic mass is 10.0. The van der Waals surface area contributed by atoms with E-state index in [-0.39, 0.29) is 5.56 Å². The number of benzene rings is 1. The molecule has 0 amide bonds. The van der Waals surface area contributed by atoms with Crippen LogP contribution in [0.3, 0.4) is 0 Å². The van der Waals surface area contributed by atoms with Gasteiger partial charge in [-0.2, -0.15) is 23.4 Å². The summed E-state index contributed by atoms with van der Waals surface area (Å²) in [4.78, 5) is 2.20. The summed E-state index contributed by atoms with van der Waals surface area (Å²) < 4.78 is 43.9. The predicted molar refractivity (Wildman–Crippen MR) is 94.2 cm³/mol. The summed E-state index contributed by atoms with van der Waals surface area (Å²) in [5, 5.41) is 18.4. The summed E-state index contributed by atoms with van der Waals surface area (Å²) in [6.45, 7) is 3.65. The summed E-state index contributed by atoms with van der Waals surface area (Å²) in [6.07, 6.45) is -2.56. The fourth-order valence-electron chi connectivity index (χ4n) is 3.35. The van der Waals surface area contributed by atoms with Gasteiger partial charge in [0.1, 0.15) is 5.75 Å². The van der Waals surface area contributed by atoms with Crippen molar-refractivity contribution in [1.29, 1.82) is 0 Å². The first-order valence-electron chi connectivity index (χ1n) is 8.77. The molecule has 1 aromatic heterocycles. The highest BCUT2D eigenvalue weighted by atomic mass is 19.4. The van der Waals surface area contributed by atoms with Crippen LogP contribution in [0.4, 0.5) is 13.2 Å². The topological polar surface area (TPSA) is 58.5 Å². The Hall–Kier alpha value is -2.19. The van der Waals surface area contributed by atoms with Crippen molar-refractivity contribution in [1.82, 2.24) is 15.1 Å². The molecule has 3 rings (SSSR count). The molecule has 1 saturated heterocycles. The number of alkyl halides is 3. The van der Waals surface area contributed by atoms with Crippen molar-refractivity contribution in [2.24, 2.45) is 0 Å². The zero-order valence-corrected chi connectivity index (χ0v) is 15.3. The molecule has 0 unspecified atom stereocenters. The summed E-state index contributed by atoms with van der Waals surface area (Å²) in [6, 6.07) is 5.62. The third-order valence-corrected chi connectivity index (χ3v) is 4.84. The first kappa shape index (κ1) is 19.6. The molecule has 5 nitrogen and oxygen atoms in total. The van der Waals surface area contributed by atoms with E-state index in [0.717, 1.165) is 43.9 Å². The third kappa shape index (κ3) is 4.56. The van der Waals surface area contributed by atoms with E-state index in [2.05, 4.69) is 15.1 Å². The maximum absolute atomic E-state index is 12.9. The average Bonchev–Trinajstić information content (AvgIpc) is 2.62. The van der Waals surface area contributed by atoms with Crippen molar-refractivity contribution in [3.8, 4) is 17.0 Å². The van der Waals surface area contributed by atoms with Crippen LogP contribution in [0.1, 0.15) is 29.7 Å². The molecule has 2 aromatic rings. The van der Waals surface area contributed by atoms with E-state index in [9.17, 15) is 18.3 Å². The fourth-order valence-corrected chi connectivity index (χ4v) is 3.35. The van der Waals surface area contributed by atoms with E-state index in [0.29, 0.717) is 23.8 Å². The van der Waals surface area contributed by atoms with Gasteiger partial charge in [-0.1, -0.05) is 0 Å². The van der Waals surface area contributed by atoms with E-state index in [1.54, 1.807) is 12.1 Å². The molecule has 0 spiro atoms. The van der Waals surface area contributed by atoms with Crippen molar-refractivity contribution >= 4 is 0 Å². The van der Waals surface area contributed by atoms with Crippen molar-refractivity contribution in [2.45, 2.75) is 38.5 Å². The second-order valence-corrected chi connectivity index (χ2v) is 6.85. The Morgan fingerprint density at radius 1 is 1.19 bits per heavy atom. The lowest BCUT2D eigenvalue weighted by molar-refractivity contribution is -0.137. The Morgan fingerprint density at radius 2 is 1.89 bits per heavy atom. The van der Waals surface area contributed by atoms with Gasteiger partial charge in [0.15, 0.2) is 0 Å². The van der Waals surface area contributed by atoms with Gasteiger partial charge in [0.25, 0.3) is 0 Å². The molecule has 8 heteroatoms. The van der Waals surface area contributed by atoms with Crippen LogP contribution in [0.5, 0.6) is 5.75 Å². The maximum Gasteiger partial charge on any atom is 0.416 e. The van der Waals surface area contributed by atoms with Crippen molar-refractivity contribution in [3.05, 3.63) is 41.1 Å². The lowest BCUT2D eigenvalue weighted by Gasteiger charge is -2.30. The van der Waals surface area contributed by atoms with Gasteiger partial charge in [-0.3, -0.25) is 4.90 Å². The second kappa shape index (κ2) is 7.82. The van der Waals surface area contributed by atoms with Gasteiger partial charge < -0.3 is 9.84 Å². The maximum atomic E-state index is 12.9. The molecular formula is C19H22F3N3O2. The van der Waals surface area contributed by atoms with Crippen molar-refractivity contribution in [2.75, 3.05) is 20.3 Å². The lowest BCUT2D eigenvalue weighted by Crippen LogP contribution is -2.36. The predicted octanol–water partition coefficient (Wildman–Crippen LogP) is 3.79. The zero-order valence-electron chi connectivity index (χ0n) is 15.3. The van der Waals surface area contributed by atoms with Gasteiger partial charge in [0.05, 0.1) is 17.0 Å². The molecule has 0 radical (unpaired) electrons. The first-order valence-corrected chi connectivity index (χ1v) is 8.77. The van der Waals surface area contributed by atoms with Crippen LogP contribution in [-0.2, 0) is 17.5 Å². The summed E-state index contributed by atoms with van der Waals surface area (Å²) in [7, 11) is 2.03. The number of phenols is 1. The number of aryl methyl sites for hydroxylation is 1. The highest BCUT2D eigenvalue weighted by Gasteiger charge is 2.32. The zero-order chi connectivity index (χ0) is 19.6. The molecule has 1 N–H and O–H groups in total. The number of halogens is 3. The SMILES string of the molecule is Cc1cc(C(F)(F)F)cc(O)c1-c1ccc(CN(C)C2CCOCC2)nn1. The first-order chi connectivity index (χ1) is 12.8. The van der Waals surface area contributed by atoms with Crippen LogP contribution in [0, 0.1) is 6.92 Å². The minimum absolute atomic E-state index is 0.264. The van der Waals surface area contributed by atoms with Crippen LogP contribution in [0.2, 0.25) is 0 Å². The molecule has 1 aliphatic rings. The average molecular weight is 381 g/mol. The number of rotatable bonds is 4. The third-order valence-electron chi connectivity index (χ3n) is 4.84.